The fourth-order valence-corrected chi connectivity index (χ4v) is 0.989. The van der Waals surface area contributed by atoms with Gasteiger partial charge < -0.3 is 9.47 Å². The fraction of sp³-hybridized carbons (Fsp3) is 0.750. The number of alkyl halides is 14. The molecule has 0 heterocycles. The molecule has 0 fully saturated rings. The average molecular weight is 426 g/mol. The minimum absolute atomic E-state index is 1.69. The highest BCUT2D eigenvalue weighted by Gasteiger charge is 2.86. The van der Waals surface area contributed by atoms with E-state index in [9.17, 15) is 71.1 Å². The zero-order valence-corrected chi connectivity index (χ0v) is 10.9. The summed E-state index contributed by atoms with van der Waals surface area (Å²) < 4.78 is 176. The van der Waals surface area contributed by atoms with Crippen molar-refractivity contribution >= 4 is 11.9 Å². The lowest BCUT2D eigenvalue weighted by molar-refractivity contribution is -0.376. The van der Waals surface area contributed by atoms with Crippen molar-refractivity contribution in [3.05, 3.63) is 0 Å². The molecule has 0 radical (unpaired) electrons. The topological polar surface area (TPSA) is 52.6 Å². The van der Waals surface area contributed by atoms with Crippen LogP contribution in [0.2, 0.25) is 0 Å². The van der Waals surface area contributed by atoms with Crippen LogP contribution in [0.5, 0.6) is 0 Å². The van der Waals surface area contributed by atoms with Crippen LogP contribution in [0.25, 0.3) is 0 Å². The molecule has 0 aliphatic carbocycles. The van der Waals surface area contributed by atoms with Crippen LogP contribution in [0.1, 0.15) is 0 Å². The van der Waals surface area contributed by atoms with Gasteiger partial charge in [-0.25, -0.2) is 9.59 Å². The highest BCUT2D eigenvalue weighted by atomic mass is 19.4. The molecule has 0 bridgehead atoms. The number of carbonyl (C=O) groups is 2. The average Bonchev–Trinajstić information content (AvgIpc) is 2.33. The van der Waals surface area contributed by atoms with Gasteiger partial charge in [0.2, 0.25) is 0 Å². The predicted octanol–water partition coefficient (Wildman–Crippen LogP) is 3.65. The first-order valence-corrected chi connectivity index (χ1v) is 5.12. The number of hydrogen-bond acceptors (Lipinski definition) is 4. The monoisotopic (exact) mass is 426 g/mol. The molecule has 0 aromatic heterocycles. The van der Waals surface area contributed by atoms with Gasteiger partial charge >= 0.3 is 48.4 Å². The molecule has 0 aromatic rings. The van der Waals surface area contributed by atoms with Crippen LogP contribution in [-0.4, -0.2) is 48.4 Å². The smallest absolute Gasteiger partial charge is 0.368 e. The molecule has 0 spiro atoms. The first kappa shape index (κ1) is 24.0. The van der Waals surface area contributed by atoms with Crippen LogP contribution in [0, 0.1) is 0 Å². The summed E-state index contributed by atoms with van der Waals surface area (Å²) in [5.41, 5.74) is 0. The molecule has 4 nitrogen and oxygen atoms in total. The van der Waals surface area contributed by atoms with Gasteiger partial charge in [0.25, 0.3) is 0 Å². The third-order valence-corrected chi connectivity index (χ3v) is 2.11. The number of hydrogen-bond donors (Lipinski definition) is 0. The molecule has 0 amide bonds. The van der Waals surface area contributed by atoms with Gasteiger partial charge in [0.15, 0.2) is 0 Å². The maximum atomic E-state index is 13.0. The first-order valence-electron chi connectivity index (χ1n) is 5.12. The van der Waals surface area contributed by atoms with E-state index in [1.807, 2.05) is 0 Å². The number of ether oxygens (including phenoxy) is 2. The number of esters is 2. The Hall–Kier alpha value is -2.04. The van der Waals surface area contributed by atoms with Gasteiger partial charge in [0, 0.05) is 0 Å². The third kappa shape index (κ3) is 4.37. The van der Waals surface area contributed by atoms with Gasteiger partial charge in [-0.2, -0.15) is 35.1 Å². The van der Waals surface area contributed by atoms with E-state index in [1.165, 1.54) is 0 Å². The second-order valence-electron chi connectivity index (χ2n) is 3.97. The van der Waals surface area contributed by atoms with E-state index >= 15 is 0 Å². The van der Waals surface area contributed by atoms with E-state index in [4.69, 9.17) is 0 Å². The molecule has 0 unspecified atom stereocenters. The highest BCUT2D eigenvalue weighted by Crippen LogP contribution is 2.53. The van der Waals surface area contributed by atoms with Gasteiger partial charge in [-0.15, -0.1) is 26.3 Å². The Bertz CT molecular complexity index is 508. The molecule has 0 aliphatic rings. The van der Waals surface area contributed by atoms with E-state index in [0.717, 1.165) is 0 Å². The van der Waals surface area contributed by atoms with Gasteiger partial charge in [-0.1, -0.05) is 0 Å². The van der Waals surface area contributed by atoms with E-state index in [1.54, 1.807) is 9.47 Å². The molecule has 0 rings (SSSR count). The SMILES string of the molecule is O=C(OC(F)(F)F)C(F)(F)C(F)(F)C(F)(F)C(F)(F)C(=O)OC(F)(F)F. The first-order chi connectivity index (χ1) is 11.0. The van der Waals surface area contributed by atoms with Gasteiger partial charge in [-0.05, 0) is 0 Å². The zero-order chi connectivity index (χ0) is 21.6. The van der Waals surface area contributed by atoms with Gasteiger partial charge in [-0.3, -0.25) is 0 Å². The van der Waals surface area contributed by atoms with Crippen LogP contribution >= 0.6 is 0 Å². The highest BCUT2D eigenvalue weighted by molar-refractivity contribution is 5.82. The fourth-order valence-electron chi connectivity index (χ4n) is 0.989. The van der Waals surface area contributed by atoms with E-state index in [2.05, 4.69) is 0 Å². The van der Waals surface area contributed by atoms with Crippen molar-refractivity contribution in [3.63, 3.8) is 0 Å². The standard InChI is InChI=1S/C8F14O4/c9-3(10,1(23)25-7(17,18)19)5(13,14)6(15,16)4(11,12)2(24)26-8(20,21)22. The normalized spacial score (nSPS) is 14.8. The Labute approximate surface area is 130 Å². The minimum Gasteiger partial charge on any atom is -0.368 e. The summed E-state index contributed by atoms with van der Waals surface area (Å²) in [6.45, 7) is 0. The Morgan fingerprint density at radius 3 is 0.808 bits per heavy atom. The maximum absolute atomic E-state index is 13.0. The van der Waals surface area contributed by atoms with E-state index in [-0.39, 0.29) is 0 Å². The van der Waals surface area contributed by atoms with Crippen LogP contribution in [0.4, 0.5) is 61.5 Å². The largest absolute Gasteiger partial charge is 0.575 e. The van der Waals surface area contributed by atoms with E-state index < -0.39 is 48.4 Å². The van der Waals surface area contributed by atoms with Crippen molar-refractivity contribution in [2.24, 2.45) is 0 Å². The van der Waals surface area contributed by atoms with Crippen molar-refractivity contribution in [2.45, 2.75) is 36.4 Å². The second kappa shape index (κ2) is 6.29. The molecule has 26 heavy (non-hydrogen) atoms. The molecule has 18 heteroatoms. The van der Waals surface area contributed by atoms with Crippen molar-refractivity contribution in [1.82, 2.24) is 0 Å². The summed E-state index contributed by atoms with van der Waals surface area (Å²) in [6.07, 6.45) is -12.9. The summed E-state index contributed by atoms with van der Waals surface area (Å²) in [4.78, 5) is 20.5. The van der Waals surface area contributed by atoms with E-state index in [0.29, 0.717) is 0 Å². The molecule has 0 aromatic carbocycles. The molecule has 0 N–H and O–H groups in total. The van der Waals surface area contributed by atoms with Crippen molar-refractivity contribution < 1.29 is 80.5 Å². The lowest BCUT2D eigenvalue weighted by atomic mass is 9.98. The van der Waals surface area contributed by atoms with Crippen molar-refractivity contribution in [1.29, 1.82) is 0 Å². The summed E-state index contributed by atoms with van der Waals surface area (Å²) >= 11 is 0. The Balaban J connectivity index is 5.99. The summed E-state index contributed by atoms with van der Waals surface area (Å²) in [5, 5.41) is 0. The van der Waals surface area contributed by atoms with Crippen LogP contribution in [0.3, 0.4) is 0 Å². The lowest BCUT2D eigenvalue weighted by Gasteiger charge is -2.34. The van der Waals surface area contributed by atoms with Crippen LogP contribution in [-0.2, 0) is 19.1 Å². The number of halogens is 14. The molecule has 0 saturated carbocycles. The van der Waals surface area contributed by atoms with Crippen molar-refractivity contribution in [2.75, 3.05) is 0 Å². The van der Waals surface area contributed by atoms with Gasteiger partial charge in [0.1, 0.15) is 0 Å². The van der Waals surface area contributed by atoms with Crippen LogP contribution < -0.4 is 0 Å². The molecule has 0 atom stereocenters. The van der Waals surface area contributed by atoms with Crippen LogP contribution in [0.15, 0.2) is 0 Å². The summed E-state index contributed by atoms with van der Waals surface area (Å²) in [6, 6.07) is 0. The molecular weight excluding hydrogens is 426 g/mol. The Morgan fingerprint density at radius 1 is 0.462 bits per heavy atom. The third-order valence-electron chi connectivity index (χ3n) is 2.11. The second-order valence-corrected chi connectivity index (χ2v) is 3.97. The zero-order valence-electron chi connectivity index (χ0n) is 10.9. The predicted molar refractivity (Wildman–Crippen MR) is 44.1 cm³/mol. The van der Waals surface area contributed by atoms with Crippen molar-refractivity contribution in [3.8, 4) is 0 Å². The molecule has 0 aliphatic heterocycles. The number of rotatable bonds is 5. The molecular formula is C8F14O4. The Morgan fingerprint density at radius 2 is 0.654 bits per heavy atom. The minimum atomic E-state index is -7.84. The summed E-state index contributed by atoms with van der Waals surface area (Å²) in [7, 11) is 0. The lowest BCUT2D eigenvalue weighted by Crippen LogP contribution is -2.67. The number of carbonyl (C=O) groups excluding carboxylic acids is 2. The van der Waals surface area contributed by atoms with Gasteiger partial charge in [0.05, 0.1) is 0 Å². The maximum Gasteiger partial charge on any atom is 0.575 e. The summed E-state index contributed by atoms with van der Waals surface area (Å²) in [5.74, 6) is -39.4. The Kier molecular flexibility index (Phi) is 5.80. The molecule has 154 valence electrons. The molecule has 0 saturated heterocycles. The quantitative estimate of drug-likeness (QED) is 0.498.